The van der Waals surface area contributed by atoms with E-state index in [4.69, 9.17) is 0 Å². The smallest absolute Gasteiger partial charge is 0.0889 e. The van der Waals surface area contributed by atoms with Crippen LogP contribution in [0.5, 0.6) is 0 Å². The molecule has 1 heteroatoms. The number of hydrogen-bond acceptors (Lipinski definition) is 0. The van der Waals surface area contributed by atoms with Crippen LogP contribution in [0.25, 0.3) is 0 Å². The Morgan fingerprint density at radius 3 is 2.58 bits per heavy atom. The van der Waals surface area contributed by atoms with Crippen molar-refractivity contribution in [3.05, 3.63) is 29.8 Å². The van der Waals surface area contributed by atoms with E-state index in [0.717, 1.165) is 12.0 Å². The van der Waals surface area contributed by atoms with E-state index in [9.17, 15) is 5.73 Å². The molecule has 0 spiro atoms. The zero-order valence-corrected chi connectivity index (χ0v) is 7.59. The Morgan fingerprint density at radius 1 is 1.17 bits per heavy atom. The van der Waals surface area contributed by atoms with Gasteiger partial charge in [-0.05, 0) is 24.5 Å². The van der Waals surface area contributed by atoms with Gasteiger partial charge < -0.3 is 0 Å². The molecule has 0 aromatic heterocycles. The lowest BCUT2D eigenvalue weighted by molar-refractivity contribution is 0.717. The molecule has 1 aromatic rings. The molecule has 0 amide bonds. The number of unbranched alkanes of at least 4 members (excludes halogenated alkanes) is 2. The molecular weight excluding hydrogens is 146 g/mol. The van der Waals surface area contributed by atoms with Crippen molar-refractivity contribution < 1.29 is 0 Å². The quantitative estimate of drug-likeness (QED) is 0.605. The molecule has 1 nitrogen and oxygen atoms in total. The summed E-state index contributed by atoms with van der Waals surface area (Å²) in [4.78, 5) is 0. The molecule has 0 N–H and O–H groups in total. The molecule has 12 heavy (non-hydrogen) atoms. The Hall–Kier alpha value is -0.980. The molecule has 0 unspecified atom stereocenters. The normalized spacial score (nSPS) is 10.1. The van der Waals surface area contributed by atoms with Crippen molar-refractivity contribution in [2.24, 2.45) is 0 Å². The predicted octanol–water partition coefficient (Wildman–Crippen LogP) is 3.12. The van der Waals surface area contributed by atoms with Gasteiger partial charge in [-0.2, -0.15) is 5.73 Å². The van der Waals surface area contributed by atoms with Gasteiger partial charge in [-0.3, -0.25) is 0 Å². The highest BCUT2D eigenvalue weighted by Gasteiger charge is 1.97. The Balaban J connectivity index is 2.46. The van der Waals surface area contributed by atoms with E-state index < -0.39 is 0 Å². The monoisotopic (exact) mass is 161 g/mol. The summed E-state index contributed by atoms with van der Waals surface area (Å²) in [6, 6.07) is 7.58. The second-order valence-electron chi connectivity index (χ2n) is 3.09. The van der Waals surface area contributed by atoms with Crippen LogP contribution in [-0.2, 0) is 6.42 Å². The summed E-state index contributed by atoms with van der Waals surface area (Å²) in [6.07, 6.45) is 4.65. The van der Waals surface area contributed by atoms with Gasteiger partial charge in [0.05, 0.1) is 5.69 Å². The third-order valence-electron chi connectivity index (χ3n) is 2.04. The average Bonchev–Trinajstić information content (AvgIpc) is 2.09. The van der Waals surface area contributed by atoms with Gasteiger partial charge in [-0.25, -0.2) is 0 Å². The minimum Gasteiger partial charge on any atom is -0.150 e. The van der Waals surface area contributed by atoms with Crippen molar-refractivity contribution in [1.29, 1.82) is 0 Å². The summed E-state index contributed by atoms with van der Waals surface area (Å²) in [5.41, 5.74) is 10.9. The molecule has 1 rings (SSSR count). The number of rotatable bonds is 4. The highest BCUT2D eigenvalue weighted by atomic mass is 14.6. The second-order valence-corrected chi connectivity index (χ2v) is 3.09. The maximum atomic E-state index is 9.41. The lowest BCUT2D eigenvalue weighted by Crippen LogP contribution is -1.86. The van der Waals surface area contributed by atoms with Gasteiger partial charge in [-0.1, -0.05) is 38.0 Å². The van der Waals surface area contributed by atoms with Crippen molar-refractivity contribution in [3.63, 3.8) is 0 Å². The molecular formula is C11H15N. The second kappa shape index (κ2) is 4.81. The maximum absolute atomic E-state index is 9.41. The summed E-state index contributed by atoms with van der Waals surface area (Å²) in [5, 5.41) is 0. The lowest BCUT2D eigenvalue weighted by atomic mass is 10.1. The van der Waals surface area contributed by atoms with Crippen molar-refractivity contribution in [3.8, 4) is 0 Å². The van der Waals surface area contributed by atoms with Gasteiger partial charge in [0.2, 0.25) is 0 Å². The largest absolute Gasteiger partial charge is 0.150 e. The van der Waals surface area contributed by atoms with E-state index >= 15 is 0 Å². The Bertz CT molecular complexity index is 230. The van der Waals surface area contributed by atoms with Crippen molar-refractivity contribution >= 4 is 5.69 Å². The van der Waals surface area contributed by atoms with E-state index in [2.05, 4.69) is 6.92 Å². The molecule has 1 aromatic carbocycles. The molecule has 0 heterocycles. The molecule has 0 fully saturated rings. The molecule has 0 aliphatic heterocycles. The molecule has 0 aliphatic carbocycles. The Morgan fingerprint density at radius 2 is 1.92 bits per heavy atom. The molecule has 0 saturated heterocycles. The van der Waals surface area contributed by atoms with Crippen LogP contribution in [0.15, 0.2) is 24.3 Å². The van der Waals surface area contributed by atoms with Crippen LogP contribution in [0.1, 0.15) is 31.7 Å². The van der Waals surface area contributed by atoms with Crippen LogP contribution in [0.3, 0.4) is 0 Å². The third-order valence-corrected chi connectivity index (χ3v) is 2.04. The third kappa shape index (κ3) is 2.57. The fourth-order valence-corrected chi connectivity index (χ4v) is 1.29. The topological polar surface area (TPSA) is 22.3 Å². The van der Waals surface area contributed by atoms with E-state index in [1.807, 2.05) is 18.2 Å². The highest BCUT2D eigenvalue weighted by molar-refractivity contribution is 5.42. The molecule has 0 bridgehead atoms. The van der Waals surface area contributed by atoms with Crippen LogP contribution < -0.4 is 5.73 Å². The van der Waals surface area contributed by atoms with Crippen LogP contribution >= 0.6 is 0 Å². The predicted molar refractivity (Wildman–Crippen MR) is 51.5 cm³/mol. The molecule has 0 atom stereocenters. The SMILES string of the molecule is CCCCCc1ccccc1[N]. The van der Waals surface area contributed by atoms with Gasteiger partial charge >= 0.3 is 0 Å². The molecule has 2 radical (unpaired) electrons. The van der Waals surface area contributed by atoms with E-state index in [1.165, 1.54) is 19.3 Å². The summed E-state index contributed by atoms with van der Waals surface area (Å²) >= 11 is 0. The summed E-state index contributed by atoms with van der Waals surface area (Å²) in [7, 11) is 0. The first kappa shape index (κ1) is 9.11. The average molecular weight is 161 g/mol. The highest BCUT2D eigenvalue weighted by Crippen LogP contribution is 2.15. The standard InChI is InChI=1S/C11H15N/c1-2-3-4-7-10-8-5-6-9-11(10)12/h5-6,8-9H,2-4,7H2,1H3. The first-order chi connectivity index (χ1) is 5.84. The Kier molecular flexibility index (Phi) is 3.65. The van der Waals surface area contributed by atoms with Gasteiger partial charge in [0.15, 0.2) is 0 Å². The van der Waals surface area contributed by atoms with Crippen LogP contribution in [0, 0.1) is 0 Å². The number of hydrogen-bond donors (Lipinski definition) is 0. The fourth-order valence-electron chi connectivity index (χ4n) is 1.29. The zero-order chi connectivity index (χ0) is 8.81. The number of benzene rings is 1. The zero-order valence-electron chi connectivity index (χ0n) is 7.59. The van der Waals surface area contributed by atoms with Crippen LogP contribution in [0.2, 0.25) is 0 Å². The lowest BCUT2D eigenvalue weighted by Gasteiger charge is -2.01. The first-order valence-electron chi connectivity index (χ1n) is 4.61. The van der Waals surface area contributed by atoms with Crippen molar-refractivity contribution in [1.82, 2.24) is 5.73 Å². The minimum atomic E-state index is 0.439. The maximum Gasteiger partial charge on any atom is 0.0889 e. The molecule has 64 valence electrons. The van der Waals surface area contributed by atoms with Crippen molar-refractivity contribution in [2.75, 3.05) is 0 Å². The van der Waals surface area contributed by atoms with Gasteiger partial charge in [0.1, 0.15) is 0 Å². The number of nitrogens with zero attached hydrogens (tertiary/aromatic N) is 1. The summed E-state index contributed by atoms with van der Waals surface area (Å²) in [5.74, 6) is 0. The minimum absolute atomic E-state index is 0.439. The first-order valence-corrected chi connectivity index (χ1v) is 4.61. The van der Waals surface area contributed by atoms with E-state index in [1.54, 1.807) is 6.07 Å². The summed E-state index contributed by atoms with van der Waals surface area (Å²) < 4.78 is 0. The number of aryl methyl sites for hydroxylation is 1. The van der Waals surface area contributed by atoms with Crippen molar-refractivity contribution in [2.45, 2.75) is 32.6 Å². The van der Waals surface area contributed by atoms with Gasteiger partial charge in [0.25, 0.3) is 0 Å². The molecule has 0 aliphatic rings. The van der Waals surface area contributed by atoms with E-state index in [0.29, 0.717) is 5.69 Å². The van der Waals surface area contributed by atoms with Gasteiger partial charge in [-0.15, -0.1) is 0 Å². The summed E-state index contributed by atoms with van der Waals surface area (Å²) in [6.45, 7) is 2.19. The Labute approximate surface area is 74.6 Å². The van der Waals surface area contributed by atoms with Crippen LogP contribution in [0.4, 0.5) is 5.69 Å². The van der Waals surface area contributed by atoms with E-state index in [-0.39, 0.29) is 0 Å². The van der Waals surface area contributed by atoms with Crippen LogP contribution in [-0.4, -0.2) is 0 Å². The molecule has 0 saturated carbocycles. The van der Waals surface area contributed by atoms with Gasteiger partial charge in [0, 0.05) is 0 Å². The fraction of sp³-hybridized carbons (Fsp3) is 0.455.